The van der Waals surface area contributed by atoms with E-state index in [0.29, 0.717) is 12.2 Å². The Bertz CT molecular complexity index is 701. The maximum atomic E-state index is 14.4. The molecule has 1 aromatic heterocycles. The summed E-state index contributed by atoms with van der Waals surface area (Å²) in [6, 6.07) is 7.29. The zero-order valence-corrected chi connectivity index (χ0v) is 19.3. The summed E-state index contributed by atoms with van der Waals surface area (Å²) < 4.78 is 16.3. The molecule has 2 aromatic rings. The lowest BCUT2D eigenvalue weighted by molar-refractivity contribution is 0.570. The number of aliphatic imine (C=N–C) groups is 1. The highest BCUT2D eigenvalue weighted by molar-refractivity contribution is 14.0. The predicted octanol–water partition coefficient (Wildman–Crippen LogP) is 3.63. The number of nitrogens with one attached hydrogen (secondary N) is 2. The van der Waals surface area contributed by atoms with Crippen LogP contribution in [0.25, 0.3) is 0 Å². The Morgan fingerprint density at radius 3 is 2.61 bits per heavy atom. The molecule has 0 amide bonds. The van der Waals surface area contributed by atoms with Gasteiger partial charge < -0.3 is 15.5 Å². The number of benzene rings is 1. The van der Waals surface area contributed by atoms with Crippen molar-refractivity contribution in [3.63, 3.8) is 0 Å². The van der Waals surface area contributed by atoms with Gasteiger partial charge in [0.25, 0.3) is 0 Å². The Balaban J connectivity index is 0.00000392. The largest absolute Gasteiger partial charge is 0.370 e. The minimum absolute atomic E-state index is 0. The SMILES string of the molecule is CCNC(=NCc1ccc(N(CC)CC)c(F)c1)NCCCn1cccn1.I. The predicted molar refractivity (Wildman–Crippen MR) is 125 cm³/mol. The van der Waals surface area contributed by atoms with Crippen LogP contribution >= 0.6 is 24.0 Å². The lowest BCUT2D eigenvalue weighted by Gasteiger charge is -2.21. The van der Waals surface area contributed by atoms with Crippen molar-refractivity contribution < 1.29 is 4.39 Å². The second-order valence-electron chi connectivity index (χ2n) is 6.20. The highest BCUT2D eigenvalue weighted by atomic mass is 127. The fourth-order valence-electron chi connectivity index (χ4n) is 2.86. The summed E-state index contributed by atoms with van der Waals surface area (Å²) in [6.45, 7) is 10.5. The molecule has 0 bridgehead atoms. The Hall–Kier alpha value is -1.84. The normalized spacial score (nSPS) is 11.1. The van der Waals surface area contributed by atoms with E-state index in [2.05, 4.69) is 20.7 Å². The first-order valence-electron chi connectivity index (χ1n) is 9.70. The van der Waals surface area contributed by atoms with Gasteiger partial charge in [-0.05, 0) is 51.0 Å². The molecule has 0 radical (unpaired) electrons. The second kappa shape index (κ2) is 13.4. The van der Waals surface area contributed by atoms with Gasteiger partial charge in [0.1, 0.15) is 5.82 Å². The maximum absolute atomic E-state index is 14.4. The molecule has 0 atom stereocenters. The average Bonchev–Trinajstić information content (AvgIpc) is 3.19. The summed E-state index contributed by atoms with van der Waals surface area (Å²) in [5.41, 5.74) is 1.51. The molecule has 1 heterocycles. The van der Waals surface area contributed by atoms with Crippen molar-refractivity contribution in [2.24, 2.45) is 4.99 Å². The first-order chi connectivity index (χ1) is 13.2. The van der Waals surface area contributed by atoms with Gasteiger partial charge in [-0.3, -0.25) is 4.68 Å². The molecule has 6 nitrogen and oxygen atoms in total. The molecule has 0 fully saturated rings. The molecule has 0 aliphatic heterocycles. The first kappa shape index (κ1) is 24.2. The standard InChI is InChI=1S/C20H31FN6.HI/c1-4-22-20(23-11-7-13-27-14-8-12-25-27)24-16-17-9-10-19(18(21)15-17)26(5-2)6-3;/h8-10,12,14-15H,4-7,11,13,16H2,1-3H3,(H2,22,23,24);1H. The van der Waals surface area contributed by atoms with E-state index in [-0.39, 0.29) is 29.8 Å². The Morgan fingerprint density at radius 1 is 1.21 bits per heavy atom. The molecular weight excluding hydrogens is 470 g/mol. The molecule has 28 heavy (non-hydrogen) atoms. The highest BCUT2D eigenvalue weighted by Gasteiger charge is 2.09. The Morgan fingerprint density at radius 2 is 2.00 bits per heavy atom. The van der Waals surface area contributed by atoms with Crippen LogP contribution in [-0.2, 0) is 13.1 Å². The molecule has 0 aliphatic rings. The van der Waals surface area contributed by atoms with Crippen molar-refractivity contribution in [3.8, 4) is 0 Å². The molecule has 0 aliphatic carbocycles. The third-order valence-corrected chi connectivity index (χ3v) is 4.30. The number of halogens is 2. The zero-order valence-electron chi connectivity index (χ0n) is 17.0. The summed E-state index contributed by atoms with van der Waals surface area (Å²) in [4.78, 5) is 6.57. The van der Waals surface area contributed by atoms with Crippen LogP contribution in [0.5, 0.6) is 0 Å². The number of aromatic nitrogens is 2. The van der Waals surface area contributed by atoms with Crippen molar-refractivity contribution in [2.75, 3.05) is 31.1 Å². The van der Waals surface area contributed by atoms with Crippen molar-refractivity contribution in [2.45, 2.75) is 40.3 Å². The summed E-state index contributed by atoms with van der Waals surface area (Å²) >= 11 is 0. The van der Waals surface area contributed by atoms with E-state index in [0.717, 1.165) is 50.7 Å². The molecule has 156 valence electrons. The minimum atomic E-state index is -0.191. The van der Waals surface area contributed by atoms with Crippen molar-refractivity contribution in [3.05, 3.63) is 48.0 Å². The summed E-state index contributed by atoms with van der Waals surface area (Å²) in [6.07, 6.45) is 4.68. The van der Waals surface area contributed by atoms with Crippen LogP contribution < -0.4 is 15.5 Å². The summed E-state index contributed by atoms with van der Waals surface area (Å²) in [5, 5.41) is 10.7. The number of guanidine groups is 1. The number of hydrogen-bond donors (Lipinski definition) is 2. The van der Waals surface area contributed by atoms with Gasteiger partial charge in [0.2, 0.25) is 0 Å². The Labute approximate surface area is 184 Å². The number of aryl methyl sites for hydroxylation is 1. The van der Waals surface area contributed by atoms with Crippen LogP contribution in [0.3, 0.4) is 0 Å². The smallest absolute Gasteiger partial charge is 0.191 e. The van der Waals surface area contributed by atoms with Gasteiger partial charge in [-0.15, -0.1) is 24.0 Å². The molecule has 2 N–H and O–H groups in total. The van der Waals surface area contributed by atoms with Gasteiger partial charge >= 0.3 is 0 Å². The van der Waals surface area contributed by atoms with Gasteiger partial charge in [-0.25, -0.2) is 9.38 Å². The zero-order chi connectivity index (χ0) is 19.5. The molecule has 8 heteroatoms. The molecule has 0 unspecified atom stereocenters. The van der Waals surface area contributed by atoms with E-state index in [9.17, 15) is 4.39 Å². The van der Waals surface area contributed by atoms with E-state index >= 15 is 0 Å². The molecule has 1 aromatic carbocycles. The lowest BCUT2D eigenvalue weighted by atomic mass is 10.2. The van der Waals surface area contributed by atoms with Crippen molar-refractivity contribution in [1.29, 1.82) is 0 Å². The van der Waals surface area contributed by atoms with Crippen molar-refractivity contribution in [1.82, 2.24) is 20.4 Å². The first-order valence-corrected chi connectivity index (χ1v) is 9.70. The van der Waals surface area contributed by atoms with Crippen LogP contribution in [0.4, 0.5) is 10.1 Å². The lowest BCUT2D eigenvalue weighted by Crippen LogP contribution is -2.38. The summed E-state index contributed by atoms with van der Waals surface area (Å²) in [7, 11) is 0. The monoisotopic (exact) mass is 502 g/mol. The van der Waals surface area contributed by atoms with Crippen LogP contribution in [0, 0.1) is 5.82 Å². The van der Waals surface area contributed by atoms with Gasteiger partial charge in [-0.2, -0.15) is 5.10 Å². The maximum Gasteiger partial charge on any atom is 0.191 e. The number of hydrogen-bond acceptors (Lipinski definition) is 3. The average molecular weight is 502 g/mol. The van der Waals surface area contributed by atoms with Crippen LogP contribution in [-0.4, -0.2) is 41.9 Å². The molecule has 0 saturated carbocycles. The molecule has 0 saturated heterocycles. The van der Waals surface area contributed by atoms with E-state index < -0.39 is 0 Å². The van der Waals surface area contributed by atoms with E-state index in [1.54, 1.807) is 12.3 Å². The second-order valence-corrected chi connectivity index (χ2v) is 6.20. The van der Waals surface area contributed by atoms with Crippen LogP contribution in [0.15, 0.2) is 41.7 Å². The topological polar surface area (TPSA) is 57.5 Å². The van der Waals surface area contributed by atoms with Gasteiger partial charge in [-0.1, -0.05) is 6.07 Å². The quantitative estimate of drug-likeness (QED) is 0.226. The number of nitrogens with zero attached hydrogens (tertiary/aromatic N) is 4. The minimum Gasteiger partial charge on any atom is -0.370 e. The third-order valence-electron chi connectivity index (χ3n) is 4.30. The molecular formula is C20H32FIN6. The fraction of sp³-hybridized carbons (Fsp3) is 0.500. The van der Waals surface area contributed by atoms with Gasteiger partial charge in [0.15, 0.2) is 5.96 Å². The van der Waals surface area contributed by atoms with Crippen LogP contribution in [0.1, 0.15) is 32.8 Å². The van der Waals surface area contributed by atoms with Crippen LogP contribution in [0.2, 0.25) is 0 Å². The van der Waals surface area contributed by atoms with E-state index in [1.807, 2.05) is 54.7 Å². The molecule has 2 rings (SSSR count). The molecule has 0 spiro atoms. The highest BCUT2D eigenvalue weighted by Crippen LogP contribution is 2.20. The van der Waals surface area contributed by atoms with Gasteiger partial charge in [0.05, 0.1) is 12.2 Å². The van der Waals surface area contributed by atoms with E-state index in [4.69, 9.17) is 0 Å². The van der Waals surface area contributed by atoms with Crippen molar-refractivity contribution >= 4 is 35.6 Å². The fourth-order valence-corrected chi connectivity index (χ4v) is 2.86. The summed E-state index contributed by atoms with van der Waals surface area (Å²) in [5.74, 6) is 0.551. The number of anilines is 1. The van der Waals surface area contributed by atoms with E-state index in [1.165, 1.54) is 0 Å². The Kier molecular flexibility index (Phi) is 11.5. The van der Waals surface area contributed by atoms with Gasteiger partial charge in [0, 0.05) is 45.1 Å². The third kappa shape index (κ3) is 7.65. The number of rotatable bonds is 10.